The summed E-state index contributed by atoms with van der Waals surface area (Å²) in [6.45, 7) is 0. The molecule has 0 saturated heterocycles. The molecule has 2 aliphatic rings. The van der Waals surface area contributed by atoms with Gasteiger partial charge in [-0.05, 0) is 60.4 Å². The summed E-state index contributed by atoms with van der Waals surface area (Å²) in [6.07, 6.45) is 2.54. The predicted molar refractivity (Wildman–Crippen MR) is 87.7 cm³/mol. The fourth-order valence-corrected chi connectivity index (χ4v) is 4.61. The molecule has 2 aromatic rings. The smallest absolute Gasteiger partial charge is 0.0453 e. The summed E-state index contributed by atoms with van der Waals surface area (Å²) in [5, 5.41) is 4.41. The van der Waals surface area contributed by atoms with Crippen LogP contribution in [0.2, 0.25) is 5.02 Å². The second-order valence-corrected chi connectivity index (χ2v) is 6.70. The van der Waals surface area contributed by atoms with Crippen molar-refractivity contribution in [1.82, 2.24) is 5.32 Å². The van der Waals surface area contributed by atoms with Crippen molar-refractivity contribution in [3.8, 4) is 0 Å². The van der Waals surface area contributed by atoms with Crippen LogP contribution in [-0.2, 0) is 6.42 Å². The van der Waals surface area contributed by atoms with E-state index in [2.05, 4.69) is 48.8 Å². The van der Waals surface area contributed by atoms with Crippen LogP contribution < -0.4 is 5.32 Å². The largest absolute Gasteiger partial charge is 0.313 e. The Balaban J connectivity index is 1.68. The van der Waals surface area contributed by atoms with Crippen LogP contribution in [0.4, 0.5) is 0 Å². The third-order valence-corrected chi connectivity index (χ3v) is 5.67. The van der Waals surface area contributed by atoms with Crippen molar-refractivity contribution in [2.24, 2.45) is 11.8 Å². The molecule has 2 aromatic carbocycles. The van der Waals surface area contributed by atoms with Gasteiger partial charge in [0.2, 0.25) is 0 Å². The summed E-state index contributed by atoms with van der Waals surface area (Å²) in [7, 11) is 2.06. The number of benzene rings is 2. The molecule has 1 nitrogen and oxygen atoms in total. The lowest BCUT2D eigenvalue weighted by molar-refractivity contribution is 0.485. The lowest BCUT2D eigenvalue weighted by atomic mass is 9.92. The predicted octanol–water partition coefficient (Wildman–Crippen LogP) is 4.58. The monoisotopic (exact) mass is 297 g/mol. The molecule has 0 heterocycles. The van der Waals surface area contributed by atoms with Gasteiger partial charge in [-0.3, -0.25) is 0 Å². The standard InChI is InChI=1S/C19H20ClN/c1-21-19(14-8-4-5-9-16(14)20)18-15-11-10-12-6-2-3-7-13(12)17(15)18/h2-9,15,17-19,21H,10-11H2,1H3. The van der Waals surface area contributed by atoms with Crippen LogP contribution in [0, 0.1) is 11.8 Å². The zero-order chi connectivity index (χ0) is 14.4. The van der Waals surface area contributed by atoms with E-state index in [-0.39, 0.29) is 0 Å². The molecule has 4 unspecified atom stereocenters. The van der Waals surface area contributed by atoms with Crippen molar-refractivity contribution < 1.29 is 0 Å². The molecule has 108 valence electrons. The molecule has 0 bridgehead atoms. The van der Waals surface area contributed by atoms with Crippen LogP contribution in [0.5, 0.6) is 0 Å². The first kappa shape index (κ1) is 13.4. The first-order chi connectivity index (χ1) is 10.3. The highest BCUT2D eigenvalue weighted by molar-refractivity contribution is 6.31. The Hall–Kier alpha value is -1.31. The summed E-state index contributed by atoms with van der Waals surface area (Å²) in [5.74, 6) is 2.20. The summed E-state index contributed by atoms with van der Waals surface area (Å²) >= 11 is 6.43. The van der Waals surface area contributed by atoms with Gasteiger partial charge in [-0.1, -0.05) is 54.1 Å². The Kier molecular flexibility index (Phi) is 3.28. The van der Waals surface area contributed by atoms with Crippen molar-refractivity contribution in [2.75, 3.05) is 7.05 Å². The van der Waals surface area contributed by atoms with Gasteiger partial charge in [0.15, 0.2) is 0 Å². The Morgan fingerprint density at radius 3 is 2.67 bits per heavy atom. The normalized spacial score (nSPS) is 27.6. The van der Waals surface area contributed by atoms with E-state index < -0.39 is 0 Å². The fourth-order valence-electron chi connectivity index (χ4n) is 4.36. The van der Waals surface area contributed by atoms with Crippen molar-refractivity contribution >= 4 is 11.6 Å². The molecule has 0 spiro atoms. The van der Waals surface area contributed by atoms with Gasteiger partial charge in [-0.2, -0.15) is 0 Å². The van der Waals surface area contributed by atoms with Gasteiger partial charge in [0.25, 0.3) is 0 Å². The van der Waals surface area contributed by atoms with E-state index in [1.807, 2.05) is 12.1 Å². The van der Waals surface area contributed by atoms with Gasteiger partial charge in [0, 0.05) is 11.1 Å². The van der Waals surface area contributed by atoms with Crippen LogP contribution in [0.1, 0.15) is 35.1 Å². The third kappa shape index (κ3) is 2.11. The Morgan fingerprint density at radius 1 is 1.10 bits per heavy atom. The number of rotatable bonds is 3. The molecule has 0 radical (unpaired) electrons. The highest BCUT2D eigenvalue weighted by Gasteiger charge is 2.56. The van der Waals surface area contributed by atoms with E-state index in [0.29, 0.717) is 17.9 Å². The molecular formula is C19H20ClN. The van der Waals surface area contributed by atoms with Gasteiger partial charge in [-0.15, -0.1) is 0 Å². The molecule has 0 amide bonds. The number of hydrogen-bond acceptors (Lipinski definition) is 1. The molecule has 0 aliphatic heterocycles. The topological polar surface area (TPSA) is 12.0 Å². The second-order valence-electron chi connectivity index (χ2n) is 6.29. The van der Waals surface area contributed by atoms with E-state index in [9.17, 15) is 0 Å². The summed E-state index contributed by atoms with van der Waals surface area (Å²) in [5.41, 5.74) is 4.37. The molecule has 0 aromatic heterocycles. The van der Waals surface area contributed by atoms with Crippen LogP contribution in [0.3, 0.4) is 0 Å². The number of aryl methyl sites for hydroxylation is 1. The SMILES string of the molecule is CNC(c1ccccc1Cl)C1C2CCc3ccccc3C21. The molecule has 4 rings (SSSR count). The summed E-state index contributed by atoms with van der Waals surface area (Å²) in [4.78, 5) is 0. The minimum atomic E-state index is 0.361. The lowest BCUT2D eigenvalue weighted by Gasteiger charge is -2.18. The Labute approximate surface area is 131 Å². The van der Waals surface area contributed by atoms with Gasteiger partial charge in [0.1, 0.15) is 0 Å². The number of fused-ring (bicyclic) bond motifs is 3. The van der Waals surface area contributed by atoms with Crippen LogP contribution in [0.15, 0.2) is 48.5 Å². The van der Waals surface area contributed by atoms with Gasteiger partial charge in [0.05, 0.1) is 0 Å². The van der Waals surface area contributed by atoms with Gasteiger partial charge >= 0.3 is 0 Å². The zero-order valence-electron chi connectivity index (χ0n) is 12.2. The van der Waals surface area contributed by atoms with Gasteiger partial charge < -0.3 is 5.32 Å². The molecule has 1 fully saturated rings. The Bertz CT molecular complexity index is 666. The molecule has 1 saturated carbocycles. The summed E-state index contributed by atoms with van der Waals surface area (Å²) in [6, 6.07) is 17.6. The van der Waals surface area contributed by atoms with E-state index in [0.717, 1.165) is 10.9 Å². The highest BCUT2D eigenvalue weighted by Crippen LogP contribution is 2.64. The molecule has 2 aliphatic carbocycles. The molecule has 2 heteroatoms. The van der Waals surface area contributed by atoms with E-state index >= 15 is 0 Å². The Morgan fingerprint density at radius 2 is 1.86 bits per heavy atom. The minimum absolute atomic E-state index is 0.361. The third-order valence-electron chi connectivity index (χ3n) is 5.33. The maximum absolute atomic E-state index is 6.43. The van der Waals surface area contributed by atoms with E-state index in [4.69, 9.17) is 11.6 Å². The van der Waals surface area contributed by atoms with Crippen molar-refractivity contribution in [1.29, 1.82) is 0 Å². The van der Waals surface area contributed by atoms with Crippen molar-refractivity contribution in [2.45, 2.75) is 24.8 Å². The average molecular weight is 298 g/mol. The van der Waals surface area contributed by atoms with Crippen LogP contribution in [0.25, 0.3) is 0 Å². The quantitative estimate of drug-likeness (QED) is 0.874. The second kappa shape index (κ2) is 5.15. The van der Waals surface area contributed by atoms with Crippen LogP contribution in [-0.4, -0.2) is 7.05 Å². The first-order valence-electron chi connectivity index (χ1n) is 7.80. The average Bonchev–Trinajstić information content (AvgIpc) is 3.25. The first-order valence-corrected chi connectivity index (χ1v) is 8.18. The molecular weight excluding hydrogens is 278 g/mol. The van der Waals surface area contributed by atoms with Crippen LogP contribution >= 0.6 is 11.6 Å². The van der Waals surface area contributed by atoms with Crippen molar-refractivity contribution in [3.05, 3.63) is 70.2 Å². The zero-order valence-corrected chi connectivity index (χ0v) is 13.0. The fraction of sp³-hybridized carbons (Fsp3) is 0.368. The lowest BCUT2D eigenvalue weighted by Crippen LogP contribution is -2.20. The van der Waals surface area contributed by atoms with Crippen molar-refractivity contribution in [3.63, 3.8) is 0 Å². The maximum Gasteiger partial charge on any atom is 0.0453 e. The number of hydrogen-bond donors (Lipinski definition) is 1. The molecule has 4 atom stereocenters. The number of nitrogens with one attached hydrogen (secondary N) is 1. The highest BCUT2D eigenvalue weighted by atomic mass is 35.5. The molecule has 1 N–H and O–H groups in total. The minimum Gasteiger partial charge on any atom is -0.313 e. The maximum atomic E-state index is 6.43. The van der Waals surface area contributed by atoms with E-state index in [1.54, 1.807) is 11.1 Å². The number of halogens is 1. The van der Waals surface area contributed by atoms with E-state index in [1.165, 1.54) is 18.4 Å². The summed E-state index contributed by atoms with van der Waals surface area (Å²) < 4.78 is 0. The van der Waals surface area contributed by atoms with Gasteiger partial charge in [-0.25, -0.2) is 0 Å². The molecule has 21 heavy (non-hydrogen) atoms.